The average molecular weight is 335 g/mol. The minimum atomic E-state index is 0.423. The molecule has 0 radical (unpaired) electrons. The third-order valence-corrected chi connectivity index (χ3v) is 4.92. The van der Waals surface area contributed by atoms with Crippen LogP contribution in [0.15, 0.2) is 28.9 Å². The van der Waals surface area contributed by atoms with Gasteiger partial charge in [0.1, 0.15) is 0 Å². The third kappa shape index (κ3) is 9.30. The molecule has 2 nitrogen and oxygen atoms in total. The van der Waals surface area contributed by atoms with Gasteiger partial charge in [-0.25, -0.2) is 0 Å². The molecule has 2 atom stereocenters. The maximum absolute atomic E-state index is 4.60. The maximum Gasteiger partial charge on any atom is 0.0393 e. The fraction of sp³-hybridized carbons (Fsp3) is 0.773. The molecular weight excluding hydrogens is 292 g/mol. The topological polar surface area (TPSA) is 24.4 Å². The van der Waals surface area contributed by atoms with E-state index in [2.05, 4.69) is 58.4 Å². The molecule has 1 N–H and O–H groups in total. The Morgan fingerprint density at radius 2 is 1.71 bits per heavy atom. The van der Waals surface area contributed by atoms with Crippen molar-refractivity contribution in [2.45, 2.75) is 92.5 Å². The van der Waals surface area contributed by atoms with E-state index in [0.717, 1.165) is 18.8 Å². The molecule has 2 unspecified atom stereocenters. The summed E-state index contributed by atoms with van der Waals surface area (Å²) in [6, 6.07) is 0.423. The second kappa shape index (κ2) is 13.3. The number of rotatable bonds is 13. The summed E-state index contributed by atoms with van der Waals surface area (Å²) < 4.78 is 0. The van der Waals surface area contributed by atoms with E-state index in [9.17, 15) is 0 Å². The van der Waals surface area contributed by atoms with E-state index in [1.165, 1.54) is 49.1 Å². The Morgan fingerprint density at radius 3 is 2.17 bits per heavy atom. The van der Waals surface area contributed by atoms with Crippen LogP contribution in [0.3, 0.4) is 0 Å². The molecule has 0 aliphatic heterocycles. The highest BCUT2D eigenvalue weighted by Gasteiger charge is 2.16. The maximum atomic E-state index is 4.60. The Labute approximate surface area is 151 Å². The minimum absolute atomic E-state index is 0.423. The van der Waals surface area contributed by atoms with Gasteiger partial charge in [0, 0.05) is 24.5 Å². The van der Waals surface area contributed by atoms with Gasteiger partial charge in [0.2, 0.25) is 0 Å². The summed E-state index contributed by atoms with van der Waals surface area (Å²) in [7, 11) is 1.93. The van der Waals surface area contributed by atoms with Gasteiger partial charge in [-0.05, 0) is 57.4 Å². The highest BCUT2D eigenvalue weighted by atomic mass is 14.9. The van der Waals surface area contributed by atoms with Crippen molar-refractivity contribution < 1.29 is 0 Å². The van der Waals surface area contributed by atoms with Crippen molar-refractivity contribution in [2.75, 3.05) is 7.05 Å². The first-order valence-electron chi connectivity index (χ1n) is 9.90. The van der Waals surface area contributed by atoms with Crippen LogP contribution in [0, 0.1) is 11.8 Å². The molecule has 0 rings (SSSR count). The predicted molar refractivity (Wildman–Crippen MR) is 111 cm³/mol. The second-order valence-corrected chi connectivity index (χ2v) is 7.48. The van der Waals surface area contributed by atoms with E-state index >= 15 is 0 Å². The fourth-order valence-electron chi connectivity index (χ4n) is 3.59. The van der Waals surface area contributed by atoms with Crippen LogP contribution >= 0.6 is 0 Å². The lowest BCUT2D eigenvalue weighted by Crippen LogP contribution is -2.25. The van der Waals surface area contributed by atoms with Gasteiger partial charge >= 0.3 is 0 Å². The van der Waals surface area contributed by atoms with Crippen molar-refractivity contribution in [3.05, 3.63) is 23.9 Å². The highest BCUT2D eigenvalue weighted by Crippen LogP contribution is 2.25. The van der Waals surface area contributed by atoms with E-state index < -0.39 is 0 Å². The zero-order chi connectivity index (χ0) is 18.5. The molecule has 0 aromatic heterocycles. The second-order valence-electron chi connectivity index (χ2n) is 7.48. The molecule has 24 heavy (non-hydrogen) atoms. The van der Waals surface area contributed by atoms with Crippen LogP contribution in [0.4, 0.5) is 0 Å². The standard InChI is InChI=1S/C22H42N2/c1-9-12-18(5)24-20(7)19(6)22(23-8)16-17(4)15-21(13-10-2)14-11-3/h9,17-18,21,24H,1,10-16H2,2-8H3/b20-19+,23-22?. The Morgan fingerprint density at radius 1 is 1.12 bits per heavy atom. The lowest BCUT2D eigenvalue weighted by atomic mass is 9.85. The van der Waals surface area contributed by atoms with Gasteiger partial charge in [-0.1, -0.05) is 52.5 Å². The van der Waals surface area contributed by atoms with Crippen molar-refractivity contribution in [1.82, 2.24) is 5.32 Å². The Kier molecular flexibility index (Phi) is 12.7. The molecule has 0 aromatic carbocycles. The summed E-state index contributed by atoms with van der Waals surface area (Å²) >= 11 is 0. The van der Waals surface area contributed by atoms with Crippen molar-refractivity contribution in [3.63, 3.8) is 0 Å². The van der Waals surface area contributed by atoms with Crippen LogP contribution < -0.4 is 5.32 Å². The molecule has 0 aliphatic carbocycles. The first kappa shape index (κ1) is 22.9. The Hall–Kier alpha value is -1.05. The van der Waals surface area contributed by atoms with E-state index in [1.807, 2.05) is 13.1 Å². The first-order chi connectivity index (χ1) is 11.4. The van der Waals surface area contributed by atoms with Gasteiger partial charge in [-0.15, -0.1) is 6.58 Å². The molecule has 0 spiro atoms. The van der Waals surface area contributed by atoms with Crippen LogP contribution in [0.1, 0.15) is 86.5 Å². The van der Waals surface area contributed by atoms with E-state index in [4.69, 9.17) is 0 Å². The molecule has 0 aliphatic rings. The Bertz CT molecular complexity index is 400. The van der Waals surface area contributed by atoms with Crippen molar-refractivity contribution >= 4 is 5.71 Å². The SMILES string of the molecule is C=CCC(C)N/C(C)=C(\C)C(CC(C)CC(CCC)CCC)=NC. The van der Waals surface area contributed by atoms with Crippen molar-refractivity contribution in [1.29, 1.82) is 0 Å². The van der Waals surface area contributed by atoms with Gasteiger partial charge < -0.3 is 5.32 Å². The smallest absolute Gasteiger partial charge is 0.0393 e. The van der Waals surface area contributed by atoms with E-state index in [0.29, 0.717) is 12.0 Å². The zero-order valence-electron chi connectivity index (χ0n) is 17.4. The van der Waals surface area contributed by atoms with E-state index in [-0.39, 0.29) is 0 Å². The zero-order valence-corrected chi connectivity index (χ0v) is 17.4. The monoisotopic (exact) mass is 334 g/mol. The number of nitrogens with one attached hydrogen (secondary N) is 1. The highest BCUT2D eigenvalue weighted by molar-refractivity contribution is 6.00. The van der Waals surface area contributed by atoms with Crippen LogP contribution in [0.2, 0.25) is 0 Å². The van der Waals surface area contributed by atoms with Gasteiger partial charge in [-0.3, -0.25) is 4.99 Å². The first-order valence-corrected chi connectivity index (χ1v) is 9.90. The average Bonchev–Trinajstić information content (AvgIpc) is 2.52. The molecule has 0 heterocycles. The van der Waals surface area contributed by atoms with Gasteiger partial charge in [0.15, 0.2) is 0 Å². The summed E-state index contributed by atoms with van der Waals surface area (Å²) in [5, 5.41) is 3.58. The summed E-state index contributed by atoms with van der Waals surface area (Å²) in [6.45, 7) is 17.4. The number of nitrogens with zero attached hydrogens (tertiary/aromatic N) is 1. The molecule has 0 aromatic rings. The number of hydrogen-bond acceptors (Lipinski definition) is 2. The largest absolute Gasteiger partial charge is 0.386 e. The van der Waals surface area contributed by atoms with Crippen LogP contribution in [0.25, 0.3) is 0 Å². The molecule has 0 bridgehead atoms. The van der Waals surface area contributed by atoms with Crippen molar-refractivity contribution in [3.8, 4) is 0 Å². The number of hydrogen-bond donors (Lipinski definition) is 1. The van der Waals surface area contributed by atoms with Crippen LogP contribution in [-0.4, -0.2) is 18.8 Å². The molecule has 0 fully saturated rings. The number of aliphatic imine (C=N–C) groups is 1. The molecule has 140 valence electrons. The summed E-state index contributed by atoms with van der Waals surface area (Å²) in [6.07, 6.45) is 10.7. The van der Waals surface area contributed by atoms with Gasteiger partial charge in [0.25, 0.3) is 0 Å². The summed E-state index contributed by atoms with van der Waals surface area (Å²) in [5.74, 6) is 1.57. The fourth-order valence-corrected chi connectivity index (χ4v) is 3.59. The van der Waals surface area contributed by atoms with Crippen molar-refractivity contribution in [2.24, 2.45) is 16.8 Å². The molecular formula is C22H42N2. The molecule has 0 saturated carbocycles. The van der Waals surface area contributed by atoms with Crippen LogP contribution in [0.5, 0.6) is 0 Å². The number of allylic oxidation sites excluding steroid dienone is 2. The lowest BCUT2D eigenvalue weighted by molar-refractivity contribution is 0.349. The van der Waals surface area contributed by atoms with Gasteiger partial charge in [0.05, 0.1) is 0 Å². The Balaban J connectivity index is 4.80. The molecule has 0 amide bonds. The summed E-state index contributed by atoms with van der Waals surface area (Å²) in [5.41, 5.74) is 3.81. The van der Waals surface area contributed by atoms with Gasteiger partial charge in [-0.2, -0.15) is 0 Å². The van der Waals surface area contributed by atoms with E-state index in [1.54, 1.807) is 0 Å². The lowest BCUT2D eigenvalue weighted by Gasteiger charge is -2.22. The normalized spacial score (nSPS) is 15.9. The molecule has 0 saturated heterocycles. The summed E-state index contributed by atoms with van der Waals surface area (Å²) in [4.78, 5) is 4.60. The van der Waals surface area contributed by atoms with Crippen LogP contribution in [-0.2, 0) is 0 Å². The third-order valence-electron chi connectivity index (χ3n) is 4.92. The molecule has 2 heteroatoms. The predicted octanol–water partition coefficient (Wildman–Crippen LogP) is 6.54. The quantitative estimate of drug-likeness (QED) is 0.300. The minimum Gasteiger partial charge on any atom is -0.386 e.